The molecule has 0 aliphatic heterocycles. The minimum Gasteiger partial charge on any atom is -0.512 e. The number of nitrogens with zero attached hydrogens (tertiary/aromatic N) is 5. The second-order valence-electron chi connectivity index (χ2n) is 9.12. The first-order valence-electron chi connectivity index (χ1n) is 11.3. The molecule has 1 aromatic carbocycles. The van der Waals surface area contributed by atoms with Gasteiger partial charge in [-0.2, -0.15) is 4.99 Å². The fraction of sp³-hybridized carbons (Fsp3) is 0.292. The second-order valence-corrected chi connectivity index (χ2v) is 10.1. The number of aliphatic imine (C=N–C) groups is 1. The topological polar surface area (TPSA) is 155 Å². The molecule has 3 aromatic heterocycles. The average Bonchev–Trinajstić information content (AvgIpc) is 3.36. The first-order chi connectivity index (χ1) is 17.1. The number of anilines is 2. The van der Waals surface area contributed by atoms with Gasteiger partial charge < -0.3 is 26.8 Å². The number of nitrogens with two attached hydrogens (primary N) is 1. The predicted molar refractivity (Wildman–Crippen MR) is 145 cm³/mol. The Balaban J connectivity index is 1.46. The summed E-state index contributed by atoms with van der Waals surface area (Å²) in [5.74, 6) is 0.557. The number of imidazole rings is 1. The average molecular weight is 508 g/mol. The summed E-state index contributed by atoms with van der Waals surface area (Å²) in [4.78, 5) is 31.3. The number of amides is 2. The van der Waals surface area contributed by atoms with Crippen LogP contribution < -0.4 is 21.7 Å². The minimum absolute atomic E-state index is 0.0434. The first kappa shape index (κ1) is 25.1. The number of aromatic nitrogens is 4. The Morgan fingerprint density at radius 1 is 1.22 bits per heavy atom. The number of urea groups is 1. The van der Waals surface area contributed by atoms with Gasteiger partial charge in [0.15, 0.2) is 4.96 Å². The Morgan fingerprint density at radius 3 is 2.67 bits per heavy atom. The van der Waals surface area contributed by atoms with E-state index in [-0.39, 0.29) is 11.6 Å². The summed E-state index contributed by atoms with van der Waals surface area (Å²) in [6, 6.07) is 6.62. The lowest BCUT2D eigenvalue weighted by atomic mass is 9.93. The quantitative estimate of drug-likeness (QED) is 0.109. The van der Waals surface area contributed by atoms with Gasteiger partial charge in [-0.3, -0.25) is 4.40 Å². The highest BCUT2D eigenvalue weighted by molar-refractivity contribution is 7.23. The molecule has 36 heavy (non-hydrogen) atoms. The van der Waals surface area contributed by atoms with Crippen molar-refractivity contribution in [3.8, 4) is 11.3 Å². The van der Waals surface area contributed by atoms with E-state index < -0.39 is 11.4 Å². The lowest BCUT2D eigenvalue weighted by Gasteiger charge is -2.16. The minimum atomic E-state index is -0.632. The zero-order valence-electron chi connectivity index (χ0n) is 20.5. The van der Waals surface area contributed by atoms with Crippen molar-refractivity contribution in [1.82, 2.24) is 24.7 Å². The number of hydrogen-bond acceptors (Lipinski definition) is 8. The largest absolute Gasteiger partial charge is 0.512 e. The molecular formula is C24H29N9O2S. The summed E-state index contributed by atoms with van der Waals surface area (Å²) >= 11 is 1.49. The molecule has 0 saturated heterocycles. The molecule has 0 bridgehead atoms. The first-order valence-corrected chi connectivity index (χ1v) is 12.2. The molecule has 4 aromatic rings. The third kappa shape index (κ3) is 5.78. The van der Waals surface area contributed by atoms with Crippen molar-refractivity contribution in [3.63, 3.8) is 0 Å². The summed E-state index contributed by atoms with van der Waals surface area (Å²) in [7, 11) is 1.90. The van der Waals surface area contributed by atoms with Crippen molar-refractivity contribution in [1.29, 1.82) is 0 Å². The molecule has 0 radical (unpaired) electrons. The van der Waals surface area contributed by atoms with Gasteiger partial charge in [0.1, 0.15) is 21.9 Å². The van der Waals surface area contributed by atoms with E-state index in [0.717, 1.165) is 39.7 Å². The number of aliphatic hydroxyl groups excluding tert-OH is 1. The lowest BCUT2D eigenvalue weighted by Crippen LogP contribution is -2.18. The Morgan fingerprint density at radius 2 is 1.97 bits per heavy atom. The van der Waals surface area contributed by atoms with E-state index in [2.05, 4.69) is 30.9 Å². The van der Waals surface area contributed by atoms with E-state index in [1.807, 2.05) is 50.5 Å². The Bertz CT molecular complexity index is 1450. The summed E-state index contributed by atoms with van der Waals surface area (Å²) in [6.07, 6.45) is 5.02. The van der Waals surface area contributed by atoms with E-state index in [0.29, 0.717) is 11.6 Å². The smallest absolute Gasteiger partial charge is 0.347 e. The number of thiazole rings is 1. The zero-order valence-corrected chi connectivity index (χ0v) is 21.3. The van der Waals surface area contributed by atoms with E-state index in [4.69, 9.17) is 10.7 Å². The molecule has 188 valence electrons. The van der Waals surface area contributed by atoms with Gasteiger partial charge in [-0.25, -0.2) is 19.7 Å². The molecule has 0 unspecified atom stereocenters. The number of likely N-dealkylation sites (N-methyl/N-ethyl adjacent to an activating group) is 1. The van der Waals surface area contributed by atoms with Gasteiger partial charge in [0.2, 0.25) is 5.95 Å². The van der Waals surface area contributed by atoms with Gasteiger partial charge in [0, 0.05) is 42.0 Å². The van der Waals surface area contributed by atoms with Crippen molar-refractivity contribution < 1.29 is 9.90 Å². The van der Waals surface area contributed by atoms with Crippen LogP contribution in [0.25, 0.3) is 26.6 Å². The van der Waals surface area contributed by atoms with E-state index >= 15 is 0 Å². The standard InChI is InChI=1S/C24H29N9O2S/c1-24(2,3)18(34)11-19(25)31-22(35)29-15-7-5-14(6-8-15)16-13-33-17-12-28-21(27-10-9-26-4)32-20(17)36-23(33)30-16/h5-8,11-13,26,34H,9-10H2,1-4H3,(H,27,28,32)(H3,25,29,31,35). The van der Waals surface area contributed by atoms with Crippen LogP contribution in [0.15, 0.2) is 53.5 Å². The molecule has 0 aliphatic carbocycles. The summed E-state index contributed by atoms with van der Waals surface area (Å²) in [6.45, 7) is 7.04. The van der Waals surface area contributed by atoms with Gasteiger partial charge >= 0.3 is 6.03 Å². The number of fused-ring (bicyclic) bond motifs is 3. The number of rotatable bonds is 7. The molecule has 3 heterocycles. The molecule has 0 aliphatic rings. The molecule has 0 saturated carbocycles. The van der Waals surface area contributed by atoms with Crippen molar-refractivity contribution in [2.24, 2.45) is 16.1 Å². The Hall–Kier alpha value is -4.03. The van der Waals surface area contributed by atoms with E-state index in [9.17, 15) is 9.90 Å². The highest BCUT2D eigenvalue weighted by Crippen LogP contribution is 2.29. The zero-order chi connectivity index (χ0) is 25.9. The van der Waals surface area contributed by atoms with Gasteiger partial charge in [-0.05, 0) is 19.2 Å². The van der Waals surface area contributed by atoms with Crippen molar-refractivity contribution in [3.05, 3.63) is 48.5 Å². The number of carbonyl (C=O) groups is 1. The molecule has 6 N–H and O–H groups in total. The second kappa shape index (κ2) is 10.3. The number of hydrogen-bond donors (Lipinski definition) is 5. The van der Waals surface area contributed by atoms with Crippen LogP contribution >= 0.6 is 11.3 Å². The van der Waals surface area contributed by atoms with Crippen LogP contribution in [0.4, 0.5) is 16.4 Å². The highest BCUT2D eigenvalue weighted by Gasteiger charge is 2.16. The number of amidine groups is 1. The number of benzene rings is 1. The molecule has 0 atom stereocenters. The number of carbonyl (C=O) groups excluding carboxylic acids is 1. The summed E-state index contributed by atoms with van der Waals surface area (Å²) in [5.41, 5.74) is 8.40. The number of nitrogens with one attached hydrogen (secondary N) is 3. The SMILES string of the molecule is CNCCNc1ncc2c(n1)sc1nc(-c3ccc(NC(=O)N=C(N)C=C(O)C(C)(C)C)cc3)cn12. The van der Waals surface area contributed by atoms with Gasteiger partial charge in [-0.15, -0.1) is 0 Å². The summed E-state index contributed by atoms with van der Waals surface area (Å²) in [5, 5.41) is 18.9. The van der Waals surface area contributed by atoms with Crippen LogP contribution in [-0.4, -0.2) is 56.5 Å². The van der Waals surface area contributed by atoms with Gasteiger partial charge in [0.25, 0.3) is 0 Å². The van der Waals surface area contributed by atoms with Crippen molar-refractivity contribution >= 4 is 50.1 Å². The maximum absolute atomic E-state index is 12.2. The van der Waals surface area contributed by atoms with Crippen LogP contribution in [0, 0.1) is 5.41 Å². The lowest BCUT2D eigenvalue weighted by molar-refractivity contribution is 0.259. The third-order valence-corrected chi connectivity index (χ3v) is 6.19. The monoisotopic (exact) mass is 507 g/mol. The van der Waals surface area contributed by atoms with Gasteiger partial charge in [-0.1, -0.05) is 44.2 Å². The van der Waals surface area contributed by atoms with Crippen molar-refractivity contribution in [2.75, 3.05) is 30.8 Å². The Kier molecular flexibility index (Phi) is 7.17. The fourth-order valence-electron chi connectivity index (χ4n) is 3.20. The predicted octanol–water partition coefficient (Wildman–Crippen LogP) is 4.01. The molecule has 2 amide bonds. The molecular weight excluding hydrogens is 478 g/mol. The number of allylic oxidation sites excluding steroid dienone is 1. The molecule has 12 heteroatoms. The van der Waals surface area contributed by atoms with Crippen LogP contribution in [0.5, 0.6) is 0 Å². The van der Waals surface area contributed by atoms with Crippen LogP contribution in [0.2, 0.25) is 0 Å². The highest BCUT2D eigenvalue weighted by atomic mass is 32.1. The van der Waals surface area contributed by atoms with Crippen LogP contribution in [0.3, 0.4) is 0 Å². The maximum atomic E-state index is 12.2. The molecule has 4 rings (SSSR count). The third-order valence-electron chi connectivity index (χ3n) is 5.23. The fourth-order valence-corrected chi connectivity index (χ4v) is 4.15. The molecule has 0 fully saturated rings. The van der Waals surface area contributed by atoms with E-state index in [1.165, 1.54) is 17.4 Å². The van der Waals surface area contributed by atoms with Crippen LogP contribution in [-0.2, 0) is 0 Å². The normalized spacial score (nSPS) is 12.9. The van der Waals surface area contributed by atoms with Crippen molar-refractivity contribution in [2.45, 2.75) is 20.8 Å². The maximum Gasteiger partial charge on any atom is 0.347 e. The molecule has 11 nitrogen and oxygen atoms in total. The molecule has 0 spiro atoms. The number of aliphatic hydroxyl groups is 1. The van der Waals surface area contributed by atoms with Crippen LogP contribution in [0.1, 0.15) is 20.8 Å². The van der Waals surface area contributed by atoms with Gasteiger partial charge in [0.05, 0.1) is 11.9 Å². The summed E-state index contributed by atoms with van der Waals surface area (Å²) < 4.78 is 1.97. The van der Waals surface area contributed by atoms with E-state index in [1.54, 1.807) is 18.3 Å². The Labute approximate surface area is 212 Å².